The number of hydrogen-bond acceptors (Lipinski definition) is 6. The lowest BCUT2D eigenvalue weighted by Crippen LogP contribution is -2.28. The lowest BCUT2D eigenvalue weighted by Gasteiger charge is -2.23. The summed E-state index contributed by atoms with van der Waals surface area (Å²) in [7, 11) is 0. The van der Waals surface area contributed by atoms with E-state index in [0.717, 1.165) is 31.6 Å². The molecule has 0 saturated carbocycles. The van der Waals surface area contributed by atoms with Gasteiger partial charge in [0.1, 0.15) is 5.65 Å². The van der Waals surface area contributed by atoms with E-state index in [2.05, 4.69) is 25.5 Å². The maximum absolute atomic E-state index is 12.3. The molecule has 0 aliphatic carbocycles. The molecule has 1 saturated heterocycles. The van der Waals surface area contributed by atoms with Crippen LogP contribution < -0.4 is 10.9 Å². The molecule has 2 N–H and O–H groups in total. The molecule has 30 heavy (non-hydrogen) atoms. The molecule has 1 fully saturated rings. The van der Waals surface area contributed by atoms with Crippen LogP contribution >= 0.6 is 35.6 Å². The summed E-state index contributed by atoms with van der Waals surface area (Å²) in [4.78, 5) is 19.6. The van der Waals surface area contributed by atoms with E-state index >= 15 is 0 Å². The van der Waals surface area contributed by atoms with E-state index in [1.54, 1.807) is 35.0 Å². The second-order valence-electron chi connectivity index (χ2n) is 6.98. The van der Waals surface area contributed by atoms with Crippen LogP contribution in [-0.2, 0) is 0 Å². The summed E-state index contributed by atoms with van der Waals surface area (Å²) in [5.74, 6) is 0.869. The molecule has 0 spiro atoms. The molecule has 0 atom stereocenters. The highest BCUT2D eigenvalue weighted by molar-refractivity contribution is 6.35. The summed E-state index contributed by atoms with van der Waals surface area (Å²) in [5.41, 5.74) is 2.45. The van der Waals surface area contributed by atoms with E-state index in [0.29, 0.717) is 32.6 Å². The third-order valence-electron chi connectivity index (χ3n) is 5.07. The number of aromatic nitrogens is 5. The quantitative estimate of drug-likeness (QED) is 0.473. The van der Waals surface area contributed by atoms with Crippen molar-refractivity contribution in [3.05, 3.63) is 56.6 Å². The Labute approximate surface area is 187 Å². The van der Waals surface area contributed by atoms with Crippen molar-refractivity contribution in [1.29, 1.82) is 0 Å². The Hall–Kier alpha value is -2.39. The summed E-state index contributed by atoms with van der Waals surface area (Å²) in [6.45, 7) is 1.84. The van der Waals surface area contributed by atoms with Crippen LogP contribution in [0.1, 0.15) is 24.5 Å². The number of fused-ring (bicyclic) bond motifs is 1. The molecule has 156 valence electrons. The number of nitrogens with one attached hydrogen (secondary N) is 2. The molecule has 1 aromatic carbocycles. The largest absolute Gasteiger partial charge is 0.334 e. The maximum Gasteiger partial charge on any atom is 0.258 e. The first-order chi connectivity index (χ1) is 14.1. The first-order valence-corrected chi connectivity index (χ1v) is 9.96. The second kappa shape index (κ2) is 8.39. The maximum atomic E-state index is 12.3. The van der Waals surface area contributed by atoms with Gasteiger partial charge in [-0.2, -0.15) is 10.1 Å². The molecular weight excluding hydrogens is 451 g/mol. The molecule has 1 aliphatic heterocycles. The lowest BCUT2D eigenvalue weighted by molar-refractivity contribution is 0.432. The molecular formula is C19H17Cl3N6O2. The predicted octanol–water partition coefficient (Wildman–Crippen LogP) is 3.94. The SMILES string of the molecule is Cl.O=c1cc(C2CCNCC2)n2ncc(-c3noc(-c4cc(Cl)cc(Cl)c4)n3)c2[nH]1. The van der Waals surface area contributed by atoms with Crippen LogP contribution in [0, 0.1) is 0 Å². The monoisotopic (exact) mass is 466 g/mol. The first kappa shape index (κ1) is 20.9. The van der Waals surface area contributed by atoms with Crippen molar-refractivity contribution >= 4 is 41.3 Å². The zero-order valence-electron chi connectivity index (χ0n) is 15.6. The lowest BCUT2D eigenvalue weighted by atomic mass is 9.94. The Balaban J connectivity index is 0.00000218. The van der Waals surface area contributed by atoms with Gasteiger partial charge in [-0.15, -0.1) is 12.4 Å². The van der Waals surface area contributed by atoms with Crippen molar-refractivity contribution in [2.75, 3.05) is 13.1 Å². The van der Waals surface area contributed by atoms with Crippen LogP contribution in [0.4, 0.5) is 0 Å². The van der Waals surface area contributed by atoms with Gasteiger partial charge < -0.3 is 14.8 Å². The Morgan fingerprint density at radius 2 is 1.83 bits per heavy atom. The third kappa shape index (κ3) is 3.83. The molecule has 0 amide bonds. The second-order valence-corrected chi connectivity index (χ2v) is 7.86. The highest BCUT2D eigenvalue weighted by atomic mass is 35.5. The molecule has 3 aromatic heterocycles. The van der Waals surface area contributed by atoms with Gasteiger partial charge in [0.25, 0.3) is 11.4 Å². The number of H-pyrrole nitrogens is 1. The number of piperidine rings is 1. The fourth-order valence-corrected chi connectivity index (χ4v) is 4.24. The van der Waals surface area contributed by atoms with E-state index in [1.807, 2.05) is 0 Å². The molecule has 1 aliphatic rings. The van der Waals surface area contributed by atoms with Gasteiger partial charge in [0, 0.05) is 27.6 Å². The summed E-state index contributed by atoms with van der Waals surface area (Å²) in [6, 6.07) is 6.63. The van der Waals surface area contributed by atoms with Crippen LogP contribution in [-0.4, -0.2) is 37.8 Å². The van der Waals surface area contributed by atoms with Crippen molar-refractivity contribution in [3.63, 3.8) is 0 Å². The summed E-state index contributed by atoms with van der Waals surface area (Å²) in [5, 5.41) is 12.8. The third-order valence-corrected chi connectivity index (χ3v) is 5.50. The number of nitrogens with zero attached hydrogens (tertiary/aromatic N) is 4. The average Bonchev–Trinajstić information content (AvgIpc) is 3.34. The zero-order valence-corrected chi connectivity index (χ0v) is 17.9. The fraction of sp³-hybridized carbons (Fsp3) is 0.263. The molecule has 11 heteroatoms. The molecule has 4 heterocycles. The van der Waals surface area contributed by atoms with Gasteiger partial charge in [-0.3, -0.25) is 4.79 Å². The summed E-state index contributed by atoms with van der Waals surface area (Å²) < 4.78 is 7.16. The van der Waals surface area contributed by atoms with E-state index in [9.17, 15) is 4.79 Å². The Morgan fingerprint density at radius 3 is 2.57 bits per heavy atom. The highest BCUT2D eigenvalue weighted by Gasteiger charge is 2.22. The summed E-state index contributed by atoms with van der Waals surface area (Å²) >= 11 is 12.1. The molecule has 0 radical (unpaired) electrons. The number of aromatic amines is 1. The standard InChI is InChI=1S/C19H16Cl2N6O2.ClH/c20-12-5-11(6-13(21)7-12)19-25-17(26-29-19)14-9-23-27-15(8-16(28)24-18(14)27)10-1-3-22-4-2-10;/h5-10,22H,1-4H2,(H,24,28);1H. The molecule has 0 bridgehead atoms. The van der Waals surface area contributed by atoms with E-state index in [1.165, 1.54) is 0 Å². The van der Waals surface area contributed by atoms with Crippen LogP contribution in [0.5, 0.6) is 0 Å². The van der Waals surface area contributed by atoms with Gasteiger partial charge in [0.05, 0.1) is 17.5 Å². The fourth-order valence-electron chi connectivity index (χ4n) is 3.71. The van der Waals surface area contributed by atoms with E-state index in [4.69, 9.17) is 27.7 Å². The Kier molecular flexibility index (Phi) is 5.84. The van der Waals surface area contributed by atoms with Crippen molar-refractivity contribution in [2.24, 2.45) is 0 Å². The summed E-state index contributed by atoms with van der Waals surface area (Å²) in [6.07, 6.45) is 3.54. The number of hydrogen-bond donors (Lipinski definition) is 2. The highest BCUT2D eigenvalue weighted by Crippen LogP contribution is 2.30. The predicted molar refractivity (Wildman–Crippen MR) is 117 cm³/mol. The van der Waals surface area contributed by atoms with Gasteiger partial charge in [0.2, 0.25) is 5.82 Å². The van der Waals surface area contributed by atoms with Crippen molar-refractivity contribution in [3.8, 4) is 22.8 Å². The van der Waals surface area contributed by atoms with E-state index in [-0.39, 0.29) is 29.8 Å². The van der Waals surface area contributed by atoms with Gasteiger partial charge in [-0.1, -0.05) is 28.4 Å². The zero-order chi connectivity index (χ0) is 20.0. The van der Waals surface area contributed by atoms with Crippen LogP contribution in [0.25, 0.3) is 28.5 Å². The number of rotatable bonds is 3. The van der Waals surface area contributed by atoms with Crippen LogP contribution in [0.15, 0.2) is 39.8 Å². The minimum atomic E-state index is -0.182. The van der Waals surface area contributed by atoms with E-state index < -0.39 is 0 Å². The topological polar surface area (TPSA) is 101 Å². The van der Waals surface area contributed by atoms with Crippen LogP contribution in [0.3, 0.4) is 0 Å². The Morgan fingerprint density at radius 1 is 1.10 bits per heavy atom. The molecule has 8 nitrogen and oxygen atoms in total. The average molecular weight is 468 g/mol. The van der Waals surface area contributed by atoms with Gasteiger partial charge in [0.15, 0.2) is 0 Å². The van der Waals surface area contributed by atoms with Crippen molar-refractivity contribution in [2.45, 2.75) is 18.8 Å². The molecule has 0 unspecified atom stereocenters. The first-order valence-electron chi connectivity index (χ1n) is 9.21. The van der Waals surface area contributed by atoms with Crippen molar-refractivity contribution < 1.29 is 4.52 Å². The smallest absolute Gasteiger partial charge is 0.258 e. The van der Waals surface area contributed by atoms with Gasteiger partial charge in [-0.05, 0) is 44.1 Å². The molecule has 4 aromatic rings. The minimum Gasteiger partial charge on any atom is -0.334 e. The number of benzene rings is 1. The van der Waals surface area contributed by atoms with Gasteiger partial charge >= 0.3 is 0 Å². The van der Waals surface area contributed by atoms with Gasteiger partial charge in [-0.25, -0.2) is 4.52 Å². The number of halogens is 3. The normalized spacial score (nSPS) is 14.7. The molecule has 5 rings (SSSR count). The van der Waals surface area contributed by atoms with Crippen molar-refractivity contribution in [1.82, 2.24) is 30.1 Å². The van der Waals surface area contributed by atoms with Crippen LogP contribution in [0.2, 0.25) is 10.0 Å². The Bertz CT molecular complexity index is 1240. The minimum absolute atomic E-state index is 0.